The number of amides is 1. The summed E-state index contributed by atoms with van der Waals surface area (Å²) < 4.78 is 5.57. The SMILES string of the molecule is CC(C)=CCC/C(C)=C/CC[C@@H](C)/C=C/[C@H](C)OC(=O)N(C(C)C)C(C)C. The van der Waals surface area contributed by atoms with Gasteiger partial charge < -0.3 is 9.64 Å². The van der Waals surface area contributed by atoms with Gasteiger partial charge in [0.25, 0.3) is 0 Å². The molecular formula is C24H43NO2. The van der Waals surface area contributed by atoms with Gasteiger partial charge in [-0.3, -0.25) is 0 Å². The van der Waals surface area contributed by atoms with Crippen LogP contribution in [0.5, 0.6) is 0 Å². The third-order valence-electron chi connectivity index (χ3n) is 4.53. The molecule has 0 rings (SSSR count). The molecule has 0 radical (unpaired) electrons. The van der Waals surface area contributed by atoms with E-state index in [4.69, 9.17) is 4.74 Å². The summed E-state index contributed by atoms with van der Waals surface area (Å²) >= 11 is 0. The Morgan fingerprint density at radius 3 is 2.00 bits per heavy atom. The lowest BCUT2D eigenvalue weighted by Crippen LogP contribution is -2.43. The second-order valence-electron chi connectivity index (χ2n) is 8.49. The van der Waals surface area contributed by atoms with Crippen LogP contribution in [-0.4, -0.2) is 29.2 Å². The van der Waals surface area contributed by atoms with E-state index < -0.39 is 0 Å². The summed E-state index contributed by atoms with van der Waals surface area (Å²) in [5, 5.41) is 0. The number of hydrogen-bond donors (Lipinski definition) is 0. The smallest absolute Gasteiger partial charge is 0.410 e. The van der Waals surface area contributed by atoms with Crippen LogP contribution in [0, 0.1) is 5.92 Å². The number of carbonyl (C=O) groups is 1. The maximum atomic E-state index is 12.3. The highest BCUT2D eigenvalue weighted by atomic mass is 16.6. The van der Waals surface area contributed by atoms with E-state index in [2.05, 4.69) is 45.9 Å². The van der Waals surface area contributed by atoms with E-state index in [9.17, 15) is 4.79 Å². The monoisotopic (exact) mass is 377 g/mol. The molecule has 0 aromatic carbocycles. The third kappa shape index (κ3) is 12.5. The van der Waals surface area contributed by atoms with Gasteiger partial charge in [-0.2, -0.15) is 0 Å². The summed E-state index contributed by atoms with van der Waals surface area (Å²) in [6, 6.07) is 0.277. The summed E-state index contributed by atoms with van der Waals surface area (Å²) in [5.41, 5.74) is 2.86. The molecule has 0 aliphatic rings. The molecule has 0 aliphatic heterocycles. The van der Waals surface area contributed by atoms with Gasteiger partial charge in [0.2, 0.25) is 0 Å². The normalized spacial score (nSPS) is 14.6. The predicted octanol–water partition coefficient (Wildman–Crippen LogP) is 7.30. The number of allylic oxidation sites excluding steroid dienone is 5. The fourth-order valence-corrected chi connectivity index (χ4v) is 3.00. The molecule has 0 N–H and O–H groups in total. The molecular weight excluding hydrogens is 334 g/mol. The molecule has 0 aromatic heterocycles. The van der Waals surface area contributed by atoms with E-state index in [1.165, 1.54) is 11.1 Å². The highest BCUT2D eigenvalue weighted by Gasteiger charge is 2.22. The molecule has 0 spiro atoms. The maximum absolute atomic E-state index is 12.3. The summed E-state index contributed by atoms with van der Waals surface area (Å²) in [4.78, 5) is 14.1. The van der Waals surface area contributed by atoms with Crippen LogP contribution < -0.4 is 0 Å². The second-order valence-corrected chi connectivity index (χ2v) is 8.49. The Morgan fingerprint density at radius 2 is 1.48 bits per heavy atom. The highest BCUT2D eigenvalue weighted by Crippen LogP contribution is 2.14. The van der Waals surface area contributed by atoms with Gasteiger partial charge in [0.05, 0.1) is 0 Å². The summed E-state index contributed by atoms with van der Waals surface area (Å²) in [5.74, 6) is 0.472. The average Bonchev–Trinajstić information content (AvgIpc) is 2.51. The molecule has 2 atom stereocenters. The van der Waals surface area contributed by atoms with Crippen LogP contribution >= 0.6 is 0 Å². The highest BCUT2D eigenvalue weighted by molar-refractivity contribution is 5.68. The van der Waals surface area contributed by atoms with E-state index in [0.717, 1.165) is 25.7 Å². The first-order valence-electron chi connectivity index (χ1n) is 10.5. The molecule has 0 fully saturated rings. The quantitative estimate of drug-likeness (QED) is 0.354. The minimum Gasteiger partial charge on any atom is -0.442 e. The lowest BCUT2D eigenvalue weighted by Gasteiger charge is -2.30. The topological polar surface area (TPSA) is 29.5 Å². The van der Waals surface area contributed by atoms with Crippen molar-refractivity contribution in [1.82, 2.24) is 4.90 Å². The van der Waals surface area contributed by atoms with Gasteiger partial charge in [-0.25, -0.2) is 4.79 Å². The first kappa shape index (κ1) is 25.5. The van der Waals surface area contributed by atoms with Crippen molar-refractivity contribution in [2.24, 2.45) is 5.92 Å². The molecule has 3 heteroatoms. The molecule has 0 bridgehead atoms. The number of rotatable bonds is 11. The third-order valence-corrected chi connectivity index (χ3v) is 4.53. The number of hydrogen-bond acceptors (Lipinski definition) is 2. The van der Waals surface area contributed by atoms with Crippen molar-refractivity contribution in [3.63, 3.8) is 0 Å². The van der Waals surface area contributed by atoms with Crippen LogP contribution in [-0.2, 0) is 4.74 Å². The van der Waals surface area contributed by atoms with Crippen molar-refractivity contribution in [2.45, 2.75) is 106 Å². The fourth-order valence-electron chi connectivity index (χ4n) is 3.00. The zero-order valence-corrected chi connectivity index (χ0v) is 19.2. The molecule has 0 aliphatic carbocycles. The zero-order valence-electron chi connectivity index (χ0n) is 19.2. The molecule has 156 valence electrons. The molecule has 0 aromatic rings. The lowest BCUT2D eigenvalue weighted by molar-refractivity contribution is 0.0652. The Morgan fingerprint density at radius 1 is 0.889 bits per heavy atom. The van der Waals surface area contributed by atoms with E-state index in [0.29, 0.717) is 5.92 Å². The molecule has 27 heavy (non-hydrogen) atoms. The van der Waals surface area contributed by atoms with E-state index >= 15 is 0 Å². The Balaban J connectivity index is 4.33. The van der Waals surface area contributed by atoms with Crippen LogP contribution in [0.15, 0.2) is 35.5 Å². The lowest BCUT2D eigenvalue weighted by atomic mass is 10.0. The second kappa shape index (κ2) is 13.6. The number of nitrogens with zero attached hydrogens (tertiary/aromatic N) is 1. The molecule has 0 heterocycles. The molecule has 0 unspecified atom stereocenters. The van der Waals surface area contributed by atoms with E-state index in [1.807, 2.05) is 40.7 Å². The Hall–Kier alpha value is -1.51. The molecule has 1 amide bonds. The summed E-state index contributed by atoms with van der Waals surface area (Å²) in [6.07, 6.45) is 12.9. The standard InChI is InChI=1S/C24H43NO2/c1-18(2)12-10-13-21(7)14-11-15-22(8)16-17-23(9)27-24(26)25(19(3)4)20(5)6/h12,14,16-17,19-20,22-23H,10-11,13,15H2,1-9H3/b17-16+,21-14+/t22-,23+/m1/s1. The zero-order chi connectivity index (χ0) is 21.0. The number of ether oxygens (including phenoxy) is 1. The molecule has 0 saturated heterocycles. The Kier molecular flexibility index (Phi) is 12.9. The minimum absolute atomic E-state index is 0.138. The summed E-state index contributed by atoms with van der Waals surface area (Å²) in [7, 11) is 0. The van der Waals surface area contributed by atoms with Gasteiger partial charge in [0.15, 0.2) is 0 Å². The Bertz CT molecular complexity index is 502. The van der Waals surface area contributed by atoms with Crippen LogP contribution in [0.4, 0.5) is 4.79 Å². The molecule has 0 saturated carbocycles. The van der Waals surface area contributed by atoms with Crippen molar-refractivity contribution in [3.8, 4) is 0 Å². The van der Waals surface area contributed by atoms with Crippen molar-refractivity contribution >= 4 is 6.09 Å². The van der Waals surface area contributed by atoms with Crippen molar-refractivity contribution < 1.29 is 9.53 Å². The van der Waals surface area contributed by atoms with Crippen LogP contribution in [0.25, 0.3) is 0 Å². The van der Waals surface area contributed by atoms with Gasteiger partial charge in [0, 0.05) is 12.1 Å². The maximum Gasteiger partial charge on any atom is 0.410 e. The van der Waals surface area contributed by atoms with Crippen molar-refractivity contribution in [3.05, 3.63) is 35.5 Å². The minimum atomic E-state index is -0.236. The van der Waals surface area contributed by atoms with Crippen LogP contribution in [0.3, 0.4) is 0 Å². The van der Waals surface area contributed by atoms with Crippen LogP contribution in [0.1, 0.15) is 88.0 Å². The largest absolute Gasteiger partial charge is 0.442 e. The van der Waals surface area contributed by atoms with Gasteiger partial charge in [-0.1, -0.05) is 36.3 Å². The molecule has 3 nitrogen and oxygen atoms in total. The van der Waals surface area contributed by atoms with Crippen molar-refractivity contribution in [2.75, 3.05) is 0 Å². The van der Waals surface area contributed by atoms with Crippen molar-refractivity contribution in [1.29, 1.82) is 0 Å². The van der Waals surface area contributed by atoms with Crippen LogP contribution in [0.2, 0.25) is 0 Å². The fraction of sp³-hybridized carbons (Fsp3) is 0.708. The van der Waals surface area contributed by atoms with Gasteiger partial charge in [-0.05, 0) is 93.1 Å². The first-order valence-corrected chi connectivity index (χ1v) is 10.5. The van der Waals surface area contributed by atoms with Gasteiger partial charge in [0.1, 0.15) is 6.10 Å². The summed E-state index contributed by atoms with van der Waals surface area (Å²) in [6.45, 7) is 18.7. The van der Waals surface area contributed by atoms with Gasteiger partial charge >= 0.3 is 6.09 Å². The van der Waals surface area contributed by atoms with Gasteiger partial charge in [-0.15, -0.1) is 0 Å². The number of carbonyl (C=O) groups excluding carboxylic acids is 1. The average molecular weight is 378 g/mol. The first-order chi connectivity index (χ1) is 12.5. The van der Waals surface area contributed by atoms with E-state index in [1.54, 1.807) is 4.90 Å². The predicted molar refractivity (Wildman–Crippen MR) is 118 cm³/mol. The Labute approximate surface area is 168 Å². The van der Waals surface area contributed by atoms with E-state index in [-0.39, 0.29) is 24.3 Å².